The highest BCUT2D eigenvalue weighted by molar-refractivity contribution is 5.17. The second kappa shape index (κ2) is 5.44. The summed E-state index contributed by atoms with van der Waals surface area (Å²) in [5, 5.41) is 9.42. The van der Waals surface area contributed by atoms with Crippen LogP contribution in [-0.2, 0) is 6.42 Å². The van der Waals surface area contributed by atoms with Crippen LogP contribution in [0.1, 0.15) is 31.2 Å². The van der Waals surface area contributed by atoms with Crippen molar-refractivity contribution >= 4 is 0 Å². The Balaban J connectivity index is 2.00. The fourth-order valence-electron chi connectivity index (χ4n) is 2.78. The Kier molecular flexibility index (Phi) is 3.94. The van der Waals surface area contributed by atoms with Gasteiger partial charge in [-0.1, -0.05) is 37.8 Å². The molecule has 1 unspecified atom stereocenters. The largest absolute Gasteiger partial charge is 0.396 e. The molecule has 0 radical (unpaired) electrons. The lowest BCUT2D eigenvalue weighted by Gasteiger charge is -2.21. The molecule has 0 spiro atoms. The van der Waals surface area contributed by atoms with Gasteiger partial charge in [0, 0.05) is 6.61 Å². The molecule has 1 fully saturated rings. The van der Waals surface area contributed by atoms with E-state index in [1.165, 1.54) is 31.7 Å². The predicted molar refractivity (Wildman–Crippen MR) is 62.6 cm³/mol. The lowest BCUT2D eigenvalue weighted by Crippen LogP contribution is -2.18. The molecule has 1 aliphatic carbocycles. The first-order valence-electron chi connectivity index (χ1n) is 6.15. The molecule has 0 heterocycles. The minimum Gasteiger partial charge on any atom is -0.396 e. The van der Waals surface area contributed by atoms with E-state index in [9.17, 15) is 9.50 Å². The van der Waals surface area contributed by atoms with Crippen LogP contribution in [0.4, 0.5) is 4.39 Å². The molecule has 0 saturated heterocycles. The fourth-order valence-corrected chi connectivity index (χ4v) is 2.78. The molecule has 0 aromatic heterocycles. The Morgan fingerprint density at radius 1 is 1.31 bits per heavy atom. The summed E-state index contributed by atoms with van der Waals surface area (Å²) in [6, 6.07) is 6.74. The quantitative estimate of drug-likeness (QED) is 0.829. The Morgan fingerprint density at radius 3 is 2.69 bits per heavy atom. The van der Waals surface area contributed by atoms with Crippen molar-refractivity contribution in [1.29, 1.82) is 0 Å². The lowest BCUT2D eigenvalue weighted by molar-refractivity contribution is 0.175. The van der Waals surface area contributed by atoms with Gasteiger partial charge in [0.15, 0.2) is 0 Å². The number of rotatable bonds is 4. The molecular formula is C14H19FO. The van der Waals surface area contributed by atoms with E-state index in [-0.39, 0.29) is 12.4 Å². The molecule has 1 atom stereocenters. The van der Waals surface area contributed by atoms with E-state index in [1.54, 1.807) is 12.1 Å². The van der Waals surface area contributed by atoms with Crippen molar-refractivity contribution in [1.82, 2.24) is 0 Å². The first-order valence-corrected chi connectivity index (χ1v) is 6.15. The van der Waals surface area contributed by atoms with Crippen molar-refractivity contribution in [2.75, 3.05) is 6.61 Å². The van der Waals surface area contributed by atoms with E-state index in [0.29, 0.717) is 11.8 Å². The molecule has 2 heteroatoms. The third-order valence-electron chi connectivity index (χ3n) is 3.69. The molecule has 1 aromatic carbocycles. The summed E-state index contributed by atoms with van der Waals surface area (Å²) in [5.41, 5.74) is 1.01. The van der Waals surface area contributed by atoms with E-state index in [0.717, 1.165) is 12.0 Å². The molecular weight excluding hydrogens is 203 g/mol. The molecule has 1 saturated carbocycles. The van der Waals surface area contributed by atoms with E-state index in [2.05, 4.69) is 0 Å². The Bertz CT molecular complexity index is 331. The Hall–Kier alpha value is -0.890. The maximum atomic E-state index is 13.0. The molecule has 16 heavy (non-hydrogen) atoms. The van der Waals surface area contributed by atoms with E-state index in [4.69, 9.17) is 0 Å². The third-order valence-corrected chi connectivity index (χ3v) is 3.69. The first kappa shape index (κ1) is 11.6. The zero-order chi connectivity index (χ0) is 11.4. The molecule has 1 N–H and O–H groups in total. The monoisotopic (exact) mass is 222 g/mol. The van der Waals surface area contributed by atoms with Crippen LogP contribution in [0.25, 0.3) is 0 Å². The third kappa shape index (κ3) is 2.82. The fraction of sp³-hybridized carbons (Fsp3) is 0.571. The normalized spacial score (nSPS) is 18.9. The van der Waals surface area contributed by atoms with Gasteiger partial charge in [0.25, 0.3) is 0 Å². The first-order chi connectivity index (χ1) is 7.79. The Morgan fingerprint density at radius 2 is 2.06 bits per heavy atom. The van der Waals surface area contributed by atoms with E-state index in [1.807, 2.05) is 6.07 Å². The smallest absolute Gasteiger partial charge is 0.123 e. The Labute approximate surface area is 96.3 Å². The van der Waals surface area contributed by atoms with E-state index >= 15 is 0 Å². The number of hydrogen-bond donors (Lipinski definition) is 1. The highest BCUT2D eigenvalue weighted by Crippen LogP contribution is 2.33. The highest BCUT2D eigenvalue weighted by Gasteiger charge is 2.24. The van der Waals surface area contributed by atoms with Gasteiger partial charge in [-0.2, -0.15) is 0 Å². The van der Waals surface area contributed by atoms with Gasteiger partial charge in [-0.25, -0.2) is 4.39 Å². The van der Waals surface area contributed by atoms with Gasteiger partial charge in [0.2, 0.25) is 0 Å². The lowest BCUT2D eigenvalue weighted by atomic mass is 9.86. The number of halogens is 1. The summed E-state index contributed by atoms with van der Waals surface area (Å²) >= 11 is 0. The van der Waals surface area contributed by atoms with Crippen LogP contribution < -0.4 is 0 Å². The van der Waals surface area contributed by atoms with E-state index < -0.39 is 0 Å². The second-order valence-corrected chi connectivity index (χ2v) is 4.82. The summed E-state index contributed by atoms with van der Waals surface area (Å²) < 4.78 is 13.0. The predicted octanol–water partition coefficient (Wildman–Crippen LogP) is 3.17. The van der Waals surface area contributed by atoms with Crippen LogP contribution in [0.3, 0.4) is 0 Å². The van der Waals surface area contributed by atoms with Crippen molar-refractivity contribution in [3.63, 3.8) is 0 Å². The number of hydrogen-bond acceptors (Lipinski definition) is 1. The molecule has 1 aliphatic rings. The minimum atomic E-state index is -0.180. The van der Waals surface area contributed by atoms with Crippen molar-refractivity contribution < 1.29 is 9.50 Å². The molecule has 88 valence electrons. The van der Waals surface area contributed by atoms with Gasteiger partial charge < -0.3 is 5.11 Å². The van der Waals surface area contributed by atoms with Crippen LogP contribution in [0.15, 0.2) is 24.3 Å². The zero-order valence-electron chi connectivity index (χ0n) is 9.53. The molecule has 0 amide bonds. The van der Waals surface area contributed by atoms with Gasteiger partial charge in [-0.15, -0.1) is 0 Å². The molecule has 0 aliphatic heterocycles. The van der Waals surface area contributed by atoms with Gasteiger partial charge >= 0.3 is 0 Å². The van der Waals surface area contributed by atoms with Gasteiger partial charge in [-0.05, 0) is 36.0 Å². The molecule has 2 rings (SSSR count). The second-order valence-electron chi connectivity index (χ2n) is 4.82. The summed E-state index contributed by atoms with van der Waals surface area (Å²) in [6.07, 6.45) is 5.81. The van der Waals surface area contributed by atoms with Crippen molar-refractivity contribution in [2.24, 2.45) is 11.8 Å². The number of benzene rings is 1. The standard InChI is InChI=1S/C14H19FO/c15-14-7-3-4-11(9-14)8-13(10-16)12-5-1-2-6-12/h3-4,7,9,12-13,16H,1-2,5-6,8,10H2. The van der Waals surface area contributed by atoms with Crippen LogP contribution in [0.2, 0.25) is 0 Å². The van der Waals surface area contributed by atoms with Gasteiger partial charge in [-0.3, -0.25) is 0 Å². The topological polar surface area (TPSA) is 20.2 Å². The number of aliphatic hydroxyl groups is 1. The summed E-state index contributed by atoms with van der Waals surface area (Å²) in [5.74, 6) is 0.762. The average molecular weight is 222 g/mol. The van der Waals surface area contributed by atoms with Crippen molar-refractivity contribution in [2.45, 2.75) is 32.1 Å². The maximum absolute atomic E-state index is 13.0. The molecule has 1 aromatic rings. The average Bonchev–Trinajstić information content (AvgIpc) is 2.79. The van der Waals surface area contributed by atoms with Gasteiger partial charge in [0.05, 0.1) is 0 Å². The zero-order valence-corrected chi connectivity index (χ0v) is 9.53. The maximum Gasteiger partial charge on any atom is 0.123 e. The van der Waals surface area contributed by atoms with Crippen LogP contribution in [0.5, 0.6) is 0 Å². The molecule has 0 bridgehead atoms. The van der Waals surface area contributed by atoms with Crippen LogP contribution in [0, 0.1) is 17.7 Å². The van der Waals surface area contributed by atoms with Crippen molar-refractivity contribution in [3.05, 3.63) is 35.6 Å². The SMILES string of the molecule is OCC(Cc1cccc(F)c1)C1CCCC1. The minimum absolute atomic E-state index is 0.180. The van der Waals surface area contributed by atoms with Crippen LogP contribution in [-0.4, -0.2) is 11.7 Å². The van der Waals surface area contributed by atoms with Gasteiger partial charge in [0.1, 0.15) is 5.82 Å². The van der Waals surface area contributed by atoms with Crippen molar-refractivity contribution in [3.8, 4) is 0 Å². The summed E-state index contributed by atoms with van der Waals surface area (Å²) in [6.45, 7) is 0.223. The van der Waals surface area contributed by atoms with Crippen LogP contribution >= 0.6 is 0 Å². The number of aliphatic hydroxyl groups excluding tert-OH is 1. The molecule has 1 nitrogen and oxygen atoms in total. The summed E-state index contributed by atoms with van der Waals surface area (Å²) in [4.78, 5) is 0. The highest BCUT2D eigenvalue weighted by atomic mass is 19.1. The summed E-state index contributed by atoms with van der Waals surface area (Å²) in [7, 11) is 0.